The maximum atomic E-state index is 10.2. The number of carbonyl (C=O) groups excluding carboxylic acids is 2. The van der Waals surface area contributed by atoms with Gasteiger partial charge in [0, 0.05) is 5.56 Å². The van der Waals surface area contributed by atoms with Gasteiger partial charge in [0.15, 0.2) is 0 Å². The largest absolute Gasteiger partial charge is 0.497 e. The molecule has 0 heterocycles. The Morgan fingerprint density at radius 3 is 1.41 bits per heavy atom. The standard InChI is InChI=1S/C9H10O.C8H8O2.CH2O/c1-3-8-4-6-9(10-2)7-5-8;1-10-8-4-2-7(6-9)3-5-8;1-2/h3-7H,1H2,2H3;2-6H,1H3;1H2. The first kappa shape index (κ1) is 19.1. The molecule has 0 aliphatic heterocycles. The molecule has 0 radical (unpaired) electrons. The lowest BCUT2D eigenvalue weighted by Crippen LogP contribution is -1.82. The third-order valence-electron chi connectivity index (χ3n) is 2.60. The molecule has 0 amide bonds. The lowest BCUT2D eigenvalue weighted by atomic mass is 10.2. The summed E-state index contributed by atoms with van der Waals surface area (Å²) in [4.78, 5) is 18.2. The summed E-state index contributed by atoms with van der Waals surface area (Å²) in [6.07, 6.45) is 2.61. The molecule has 0 bridgehead atoms. The van der Waals surface area contributed by atoms with Gasteiger partial charge in [0.05, 0.1) is 14.2 Å². The molecule has 0 saturated heterocycles. The van der Waals surface area contributed by atoms with E-state index in [0.717, 1.165) is 23.3 Å². The van der Waals surface area contributed by atoms with E-state index in [4.69, 9.17) is 14.3 Å². The van der Waals surface area contributed by atoms with Crippen molar-refractivity contribution in [3.63, 3.8) is 0 Å². The second kappa shape index (κ2) is 11.9. The topological polar surface area (TPSA) is 52.6 Å². The van der Waals surface area contributed by atoms with Gasteiger partial charge in [0.25, 0.3) is 0 Å². The molecular formula is C18H20O4. The van der Waals surface area contributed by atoms with Gasteiger partial charge in [-0.05, 0) is 42.0 Å². The Bertz CT molecular complexity index is 493. The summed E-state index contributed by atoms with van der Waals surface area (Å²) < 4.78 is 9.88. The fraction of sp³-hybridized carbons (Fsp3) is 0.111. The Morgan fingerprint density at radius 1 is 0.773 bits per heavy atom. The van der Waals surface area contributed by atoms with E-state index >= 15 is 0 Å². The van der Waals surface area contributed by atoms with Crippen LogP contribution in [-0.4, -0.2) is 27.3 Å². The number of aldehydes is 1. The van der Waals surface area contributed by atoms with Gasteiger partial charge in [-0.15, -0.1) is 0 Å². The summed E-state index contributed by atoms with van der Waals surface area (Å²) in [7, 11) is 3.25. The first-order valence-corrected chi connectivity index (χ1v) is 6.38. The Kier molecular flexibility index (Phi) is 10.3. The number of rotatable bonds is 4. The van der Waals surface area contributed by atoms with E-state index in [9.17, 15) is 4.79 Å². The summed E-state index contributed by atoms with van der Waals surface area (Å²) in [5.74, 6) is 1.65. The lowest BCUT2D eigenvalue weighted by molar-refractivity contribution is -0.0979. The van der Waals surface area contributed by atoms with Crippen molar-refractivity contribution in [2.45, 2.75) is 0 Å². The van der Waals surface area contributed by atoms with Crippen LogP contribution in [0.1, 0.15) is 15.9 Å². The molecule has 0 aromatic heterocycles. The van der Waals surface area contributed by atoms with Crippen molar-refractivity contribution < 1.29 is 19.1 Å². The van der Waals surface area contributed by atoms with E-state index in [-0.39, 0.29) is 0 Å². The van der Waals surface area contributed by atoms with E-state index in [2.05, 4.69) is 6.58 Å². The average molecular weight is 300 g/mol. The van der Waals surface area contributed by atoms with Gasteiger partial charge in [-0.25, -0.2) is 0 Å². The number of hydrogen-bond donors (Lipinski definition) is 0. The maximum Gasteiger partial charge on any atom is 0.150 e. The number of carbonyl (C=O) groups is 2. The molecule has 0 aliphatic rings. The van der Waals surface area contributed by atoms with Crippen molar-refractivity contribution in [2.24, 2.45) is 0 Å². The minimum atomic E-state index is 0.667. The lowest BCUT2D eigenvalue weighted by Gasteiger charge is -1.97. The van der Waals surface area contributed by atoms with Crippen LogP contribution in [0.15, 0.2) is 55.1 Å². The summed E-state index contributed by atoms with van der Waals surface area (Å²) in [6.45, 7) is 5.65. The van der Waals surface area contributed by atoms with Crippen LogP contribution in [-0.2, 0) is 4.79 Å². The van der Waals surface area contributed by atoms with Gasteiger partial charge in [-0.2, -0.15) is 0 Å². The summed E-state index contributed by atoms with van der Waals surface area (Å²) >= 11 is 0. The van der Waals surface area contributed by atoms with E-state index in [0.29, 0.717) is 5.56 Å². The van der Waals surface area contributed by atoms with Crippen LogP contribution in [0.3, 0.4) is 0 Å². The highest BCUT2D eigenvalue weighted by Gasteiger charge is 1.89. The summed E-state index contributed by atoms with van der Waals surface area (Å²) in [6, 6.07) is 14.7. The molecule has 0 atom stereocenters. The third kappa shape index (κ3) is 7.05. The van der Waals surface area contributed by atoms with Crippen LogP contribution in [0.2, 0.25) is 0 Å². The molecule has 0 spiro atoms. The van der Waals surface area contributed by atoms with Crippen LogP contribution >= 0.6 is 0 Å². The second-order valence-electron chi connectivity index (χ2n) is 3.87. The van der Waals surface area contributed by atoms with Gasteiger partial charge in [0.1, 0.15) is 24.6 Å². The van der Waals surface area contributed by atoms with E-state index < -0.39 is 0 Å². The van der Waals surface area contributed by atoms with E-state index in [1.165, 1.54) is 0 Å². The molecule has 2 rings (SSSR count). The van der Waals surface area contributed by atoms with Gasteiger partial charge in [-0.1, -0.05) is 24.8 Å². The molecule has 0 N–H and O–H groups in total. The molecule has 0 saturated carbocycles. The van der Waals surface area contributed by atoms with Crippen molar-refractivity contribution in [1.29, 1.82) is 0 Å². The zero-order chi connectivity index (χ0) is 16.8. The molecule has 0 fully saturated rings. The Hall–Kier alpha value is -2.88. The molecule has 4 heteroatoms. The monoisotopic (exact) mass is 300 g/mol. The summed E-state index contributed by atoms with van der Waals surface area (Å²) in [5.41, 5.74) is 1.78. The molecule has 0 unspecified atom stereocenters. The molecule has 2 aromatic rings. The van der Waals surface area contributed by atoms with Crippen molar-refractivity contribution in [3.8, 4) is 11.5 Å². The molecule has 4 nitrogen and oxygen atoms in total. The normalized spacial score (nSPS) is 8.27. The number of benzene rings is 2. The predicted molar refractivity (Wildman–Crippen MR) is 88.6 cm³/mol. The molecule has 2 aromatic carbocycles. The average Bonchev–Trinajstić information content (AvgIpc) is 2.64. The Morgan fingerprint density at radius 2 is 1.14 bits per heavy atom. The molecule has 22 heavy (non-hydrogen) atoms. The summed E-state index contributed by atoms with van der Waals surface area (Å²) in [5, 5.41) is 0. The minimum Gasteiger partial charge on any atom is -0.497 e. The quantitative estimate of drug-likeness (QED) is 0.809. The first-order chi connectivity index (χ1) is 10.7. The van der Waals surface area contributed by atoms with Gasteiger partial charge in [-0.3, -0.25) is 4.79 Å². The van der Waals surface area contributed by atoms with Crippen molar-refractivity contribution in [1.82, 2.24) is 0 Å². The number of hydrogen-bond acceptors (Lipinski definition) is 4. The van der Waals surface area contributed by atoms with Crippen molar-refractivity contribution >= 4 is 19.2 Å². The highest BCUT2D eigenvalue weighted by Crippen LogP contribution is 2.11. The SMILES string of the molecule is C=Cc1ccc(OC)cc1.C=O.COc1ccc(C=O)cc1. The van der Waals surface area contributed by atoms with Gasteiger partial charge < -0.3 is 14.3 Å². The van der Waals surface area contributed by atoms with Gasteiger partial charge in [0.2, 0.25) is 0 Å². The van der Waals surface area contributed by atoms with E-state index in [1.54, 1.807) is 44.6 Å². The zero-order valence-electron chi connectivity index (χ0n) is 12.8. The molecule has 116 valence electrons. The van der Waals surface area contributed by atoms with E-state index in [1.807, 2.05) is 31.1 Å². The third-order valence-corrected chi connectivity index (χ3v) is 2.60. The minimum absolute atomic E-state index is 0.667. The van der Waals surface area contributed by atoms with Crippen LogP contribution in [0, 0.1) is 0 Å². The smallest absolute Gasteiger partial charge is 0.150 e. The number of ether oxygens (including phenoxy) is 2. The molecular weight excluding hydrogens is 280 g/mol. The van der Waals surface area contributed by atoms with Crippen LogP contribution in [0.5, 0.6) is 11.5 Å². The zero-order valence-corrected chi connectivity index (χ0v) is 12.8. The van der Waals surface area contributed by atoms with Crippen molar-refractivity contribution in [3.05, 3.63) is 66.2 Å². The van der Waals surface area contributed by atoms with Gasteiger partial charge >= 0.3 is 0 Å². The Balaban J connectivity index is 0.000000360. The fourth-order valence-electron chi connectivity index (χ4n) is 1.42. The number of methoxy groups -OCH3 is 2. The highest BCUT2D eigenvalue weighted by atomic mass is 16.5. The van der Waals surface area contributed by atoms with Crippen LogP contribution in [0.25, 0.3) is 6.08 Å². The molecule has 0 aliphatic carbocycles. The van der Waals surface area contributed by atoms with Crippen LogP contribution in [0.4, 0.5) is 0 Å². The predicted octanol–water partition coefficient (Wildman–Crippen LogP) is 3.66. The van der Waals surface area contributed by atoms with Crippen molar-refractivity contribution in [2.75, 3.05) is 14.2 Å². The highest BCUT2D eigenvalue weighted by molar-refractivity contribution is 5.74. The second-order valence-corrected chi connectivity index (χ2v) is 3.87. The first-order valence-electron chi connectivity index (χ1n) is 6.38. The fourth-order valence-corrected chi connectivity index (χ4v) is 1.42. The Labute approximate surface area is 131 Å². The maximum absolute atomic E-state index is 10.2. The van der Waals surface area contributed by atoms with Crippen LogP contribution < -0.4 is 9.47 Å².